The van der Waals surface area contributed by atoms with Crippen LogP contribution in [0.15, 0.2) is 134 Å². The van der Waals surface area contributed by atoms with E-state index < -0.39 is 6.10 Å². The fourth-order valence-corrected chi connectivity index (χ4v) is 8.95. The summed E-state index contributed by atoms with van der Waals surface area (Å²) in [5.41, 5.74) is 0. The molecular formula is C74H122O6. The summed E-state index contributed by atoms with van der Waals surface area (Å²) in [5.74, 6) is -0.964. The molecule has 0 N–H and O–H groups in total. The lowest BCUT2D eigenvalue weighted by Gasteiger charge is -2.18. The molecule has 0 rings (SSSR count). The second-order valence-electron chi connectivity index (χ2n) is 21.6. The lowest BCUT2D eigenvalue weighted by atomic mass is 10.0. The summed E-state index contributed by atoms with van der Waals surface area (Å²) in [6, 6.07) is 0. The standard InChI is InChI=1S/C74H122O6/c1-4-7-10-13-16-19-22-25-28-30-32-33-34-35-36-37-38-39-40-41-42-44-46-49-52-55-58-61-64-67-73(76)79-70-71(69-78-72(75)66-63-60-57-54-51-48-45-27-24-21-18-15-12-9-6-3)80-74(77)68-65-62-59-56-53-50-47-43-31-29-26-23-20-17-14-11-8-5-2/h7,10,16,19-20,23,25,28-29,31-33,35-36,38-39,41-42,46,49,55,58,71H,4-6,8-9,11-15,17-18,21-22,24,26-27,30,34,37,40,43-45,47-48,50-54,56-57,59-70H2,1-3H3/b10-7-,19-16-,23-20-,28-25-,31-29-,33-32-,36-35-,39-38-,42-41-,49-46-,58-55-. The van der Waals surface area contributed by atoms with Crippen molar-refractivity contribution in [3.8, 4) is 0 Å². The predicted octanol–water partition coefficient (Wildman–Crippen LogP) is 22.9. The van der Waals surface area contributed by atoms with Crippen molar-refractivity contribution in [1.29, 1.82) is 0 Å². The summed E-state index contributed by atoms with van der Waals surface area (Å²) in [7, 11) is 0. The quantitative estimate of drug-likeness (QED) is 0.0261. The molecule has 6 nitrogen and oxygen atoms in total. The smallest absolute Gasteiger partial charge is 0.306 e. The van der Waals surface area contributed by atoms with Gasteiger partial charge >= 0.3 is 17.9 Å². The van der Waals surface area contributed by atoms with Crippen molar-refractivity contribution in [3.63, 3.8) is 0 Å². The van der Waals surface area contributed by atoms with Gasteiger partial charge in [-0.05, 0) is 116 Å². The van der Waals surface area contributed by atoms with Gasteiger partial charge in [-0.1, -0.05) is 296 Å². The van der Waals surface area contributed by atoms with Gasteiger partial charge in [0.15, 0.2) is 6.10 Å². The zero-order chi connectivity index (χ0) is 57.8. The van der Waals surface area contributed by atoms with Crippen LogP contribution in [-0.4, -0.2) is 37.2 Å². The molecule has 1 unspecified atom stereocenters. The van der Waals surface area contributed by atoms with E-state index in [1.165, 1.54) is 135 Å². The number of unbranched alkanes of at least 4 members (excludes halogenated alkanes) is 26. The van der Waals surface area contributed by atoms with Gasteiger partial charge in [0.1, 0.15) is 13.2 Å². The molecule has 0 spiro atoms. The third kappa shape index (κ3) is 64.4. The van der Waals surface area contributed by atoms with Crippen LogP contribution in [-0.2, 0) is 28.6 Å². The molecule has 0 saturated carbocycles. The van der Waals surface area contributed by atoms with Crippen LogP contribution in [0.25, 0.3) is 0 Å². The number of hydrogen-bond donors (Lipinski definition) is 0. The highest BCUT2D eigenvalue weighted by molar-refractivity contribution is 5.71. The molecule has 0 amide bonds. The van der Waals surface area contributed by atoms with Crippen LogP contribution in [0.5, 0.6) is 0 Å². The first kappa shape index (κ1) is 75.5. The number of carbonyl (C=O) groups excluding carboxylic acids is 3. The fourth-order valence-electron chi connectivity index (χ4n) is 8.95. The Morgan fingerprint density at radius 1 is 0.263 bits per heavy atom. The highest BCUT2D eigenvalue weighted by Gasteiger charge is 2.19. The number of allylic oxidation sites excluding steroid dienone is 22. The normalized spacial score (nSPS) is 13.0. The summed E-state index contributed by atoms with van der Waals surface area (Å²) >= 11 is 0. The maximum Gasteiger partial charge on any atom is 0.306 e. The number of carbonyl (C=O) groups is 3. The van der Waals surface area contributed by atoms with Gasteiger partial charge in [-0.15, -0.1) is 0 Å². The van der Waals surface area contributed by atoms with Gasteiger partial charge in [0.2, 0.25) is 0 Å². The first-order valence-electron chi connectivity index (χ1n) is 33.2. The predicted molar refractivity (Wildman–Crippen MR) is 348 cm³/mol. The summed E-state index contributed by atoms with van der Waals surface area (Å²) in [4.78, 5) is 38.3. The first-order chi connectivity index (χ1) is 39.5. The zero-order valence-corrected chi connectivity index (χ0v) is 52.0. The molecule has 0 saturated heterocycles. The molecule has 0 aliphatic carbocycles. The summed E-state index contributed by atoms with van der Waals surface area (Å²) in [5, 5.41) is 0. The minimum atomic E-state index is -0.810. The molecule has 454 valence electrons. The van der Waals surface area contributed by atoms with Crippen LogP contribution in [0.1, 0.15) is 297 Å². The maximum atomic E-state index is 12.9. The van der Waals surface area contributed by atoms with Crippen LogP contribution in [0, 0.1) is 0 Å². The van der Waals surface area contributed by atoms with Crippen molar-refractivity contribution >= 4 is 17.9 Å². The van der Waals surface area contributed by atoms with E-state index in [0.29, 0.717) is 19.3 Å². The molecule has 0 radical (unpaired) electrons. The zero-order valence-electron chi connectivity index (χ0n) is 52.0. The van der Waals surface area contributed by atoms with Gasteiger partial charge < -0.3 is 14.2 Å². The highest BCUT2D eigenvalue weighted by Crippen LogP contribution is 2.16. The van der Waals surface area contributed by atoms with Crippen LogP contribution < -0.4 is 0 Å². The minimum absolute atomic E-state index is 0.100. The Bertz CT molecular complexity index is 1700. The molecule has 0 aliphatic heterocycles. The molecule has 6 heteroatoms. The molecule has 0 aromatic heterocycles. The molecule has 80 heavy (non-hydrogen) atoms. The largest absolute Gasteiger partial charge is 0.462 e. The molecule has 0 aromatic carbocycles. The highest BCUT2D eigenvalue weighted by atomic mass is 16.6. The molecular weight excluding hydrogens is 985 g/mol. The molecule has 0 bridgehead atoms. The molecule has 0 heterocycles. The lowest BCUT2D eigenvalue weighted by Crippen LogP contribution is -2.30. The van der Waals surface area contributed by atoms with E-state index in [0.717, 1.165) is 116 Å². The van der Waals surface area contributed by atoms with E-state index in [-0.39, 0.29) is 37.5 Å². The third-order valence-corrected chi connectivity index (χ3v) is 13.9. The van der Waals surface area contributed by atoms with Gasteiger partial charge in [-0.25, -0.2) is 0 Å². The monoisotopic (exact) mass is 1110 g/mol. The molecule has 1 atom stereocenters. The minimum Gasteiger partial charge on any atom is -0.462 e. The maximum absolute atomic E-state index is 12.9. The van der Waals surface area contributed by atoms with Crippen LogP contribution in [0.4, 0.5) is 0 Å². The number of ether oxygens (including phenoxy) is 3. The van der Waals surface area contributed by atoms with Crippen molar-refractivity contribution in [2.24, 2.45) is 0 Å². The number of esters is 3. The van der Waals surface area contributed by atoms with Crippen molar-refractivity contribution in [2.45, 2.75) is 303 Å². The van der Waals surface area contributed by atoms with Gasteiger partial charge in [0.05, 0.1) is 0 Å². The van der Waals surface area contributed by atoms with Crippen LogP contribution in [0.3, 0.4) is 0 Å². The first-order valence-corrected chi connectivity index (χ1v) is 33.2. The second kappa shape index (κ2) is 67.1. The van der Waals surface area contributed by atoms with Crippen molar-refractivity contribution in [1.82, 2.24) is 0 Å². The van der Waals surface area contributed by atoms with Crippen molar-refractivity contribution < 1.29 is 28.6 Å². The Hall–Kier alpha value is -4.45. The van der Waals surface area contributed by atoms with Crippen molar-refractivity contribution in [3.05, 3.63) is 134 Å². The second-order valence-corrected chi connectivity index (χ2v) is 21.6. The van der Waals surface area contributed by atoms with Crippen LogP contribution >= 0.6 is 0 Å². The van der Waals surface area contributed by atoms with Gasteiger partial charge in [0.25, 0.3) is 0 Å². The topological polar surface area (TPSA) is 78.9 Å². The average molecular weight is 1110 g/mol. The summed E-state index contributed by atoms with van der Waals surface area (Å²) < 4.78 is 16.9. The van der Waals surface area contributed by atoms with E-state index in [1.807, 2.05) is 0 Å². The van der Waals surface area contributed by atoms with E-state index in [4.69, 9.17) is 14.2 Å². The third-order valence-electron chi connectivity index (χ3n) is 13.9. The number of rotatable bonds is 59. The Morgan fingerprint density at radius 3 is 0.825 bits per heavy atom. The lowest BCUT2D eigenvalue weighted by molar-refractivity contribution is -0.167. The van der Waals surface area contributed by atoms with E-state index in [9.17, 15) is 14.4 Å². The van der Waals surface area contributed by atoms with Gasteiger partial charge in [-0.2, -0.15) is 0 Å². The molecule has 0 aromatic rings. The molecule has 0 aliphatic rings. The Labute approximate surface area is 494 Å². The number of hydrogen-bond acceptors (Lipinski definition) is 6. The van der Waals surface area contributed by atoms with E-state index in [2.05, 4.69) is 154 Å². The SMILES string of the molecule is CC/C=C\C/C=C\C/C=C\C/C=C\C/C=C\C/C=C\C/C=C\C/C=C\C/C=C\CCCC(=O)OCC(COC(=O)CCCCCCCCCCCCCCCCC)OC(=O)CCCCCCCCC/C=C\C/C=C\CCCCCC. The molecule has 0 fully saturated rings. The Balaban J connectivity index is 4.46. The van der Waals surface area contributed by atoms with Gasteiger partial charge in [0, 0.05) is 19.3 Å². The van der Waals surface area contributed by atoms with Crippen LogP contribution in [0.2, 0.25) is 0 Å². The Kier molecular flexibility index (Phi) is 63.3. The van der Waals surface area contributed by atoms with E-state index >= 15 is 0 Å². The van der Waals surface area contributed by atoms with Gasteiger partial charge in [-0.3, -0.25) is 14.4 Å². The van der Waals surface area contributed by atoms with Crippen molar-refractivity contribution in [2.75, 3.05) is 13.2 Å². The van der Waals surface area contributed by atoms with E-state index in [1.54, 1.807) is 0 Å². The summed E-state index contributed by atoms with van der Waals surface area (Å²) in [6.07, 6.45) is 94.6. The fraction of sp³-hybridized carbons (Fsp3) is 0.662. The average Bonchev–Trinajstić information content (AvgIpc) is 3.46. The Morgan fingerprint density at radius 2 is 0.500 bits per heavy atom. The summed E-state index contributed by atoms with van der Waals surface area (Å²) in [6.45, 7) is 6.48.